The Kier molecular flexibility index (Phi) is 8.94. The summed E-state index contributed by atoms with van der Waals surface area (Å²) in [5.41, 5.74) is 4.07. The summed E-state index contributed by atoms with van der Waals surface area (Å²) in [6.45, 7) is 3.07. The quantitative estimate of drug-likeness (QED) is 0.554. The average molecular weight is 433 g/mol. The maximum absolute atomic E-state index is 5.89. The first-order valence-corrected chi connectivity index (χ1v) is 10.6. The molecule has 5 heteroatoms. The highest BCUT2D eigenvalue weighted by atomic mass is 35.5. The zero-order chi connectivity index (χ0) is 20.1. The Balaban J connectivity index is 0.00000300. The molecule has 2 aromatic carbocycles. The van der Waals surface area contributed by atoms with Gasteiger partial charge in [-0.2, -0.15) is 0 Å². The van der Waals surface area contributed by atoms with Crippen molar-refractivity contribution < 1.29 is 4.74 Å². The third kappa shape index (κ3) is 6.70. The summed E-state index contributed by atoms with van der Waals surface area (Å²) in [6.07, 6.45) is 4.71. The zero-order valence-electron chi connectivity index (χ0n) is 17.9. The predicted molar refractivity (Wildman–Crippen MR) is 128 cm³/mol. The lowest BCUT2D eigenvalue weighted by atomic mass is 9.81. The highest BCUT2D eigenvalue weighted by Gasteiger charge is 2.26. The van der Waals surface area contributed by atoms with Gasteiger partial charge in [0.25, 0.3) is 5.17 Å². The Morgan fingerprint density at radius 2 is 1.52 bits per heavy atom. The summed E-state index contributed by atoms with van der Waals surface area (Å²) in [4.78, 5) is 4.35. The normalized spacial score (nSPS) is 18.8. The fraction of sp³-hybridized carbons (Fsp3) is 0.458. The fourth-order valence-electron chi connectivity index (χ4n) is 3.99. The fourth-order valence-corrected chi connectivity index (χ4v) is 4.23. The second kappa shape index (κ2) is 11.0. The summed E-state index contributed by atoms with van der Waals surface area (Å²) in [7, 11) is 6.29. The van der Waals surface area contributed by atoms with Gasteiger partial charge >= 0.3 is 0 Å². The smallest absolute Gasteiger partial charge is 0.264 e. The zero-order valence-corrected chi connectivity index (χ0v) is 19.6. The van der Waals surface area contributed by atoms with Crippen LogP contribution in [0.4, 0.5) is 0 Å². The van der Waals surface area contributed by atoms with E-state index >= 15 is 0 Å². The van der Waals surface area contributed by atoms with Crippen LogP contribution in [0.2, 0.25) is 0 Å². The molecule has 0 atom stereocenters. The van der Waals surface area contributed by atoms with Gasteiger partial charge in [0.15, 0.2) is 0 Å². The number of ether oxygens (including phenoxy) is 1. The molecule has 1 aliphatic carbocycles. The van der Waals surface area contributed by atoms with E-state index in [9.17, 15) is 0 Å². The molecule has 2 aromatic rings. The molecular weight excluding hydrogens is 400 g/mol. The van der Waals surface area contributed by atoms with Gasteiger partial charge in [-0.15, -0.1) is 12.4 Å². The molecular formula is C24H33ClN2OS. The van der Waals surface area contributed by atoms with Crippen molar-refractivity contribution in [1.82, 2.24) is 9.80 Å². The topological polar surface area (TPSA) is 15.7 Å². The van der Waals surface area contributed by atoms with Crippen LogP contribution in [0.3, 0.4) is 0 Å². The summed E-state index contributed by atoms with van der Waals surface area (Å²) >= 11 is 5.54. The van der Waals surface area contributed by atoms with Crippen molar-refractivity contribution in [2.24, 2.45) is 0 Å². The highest BCUT2D eigenvalue weighted by molar-refractivity contribution is 7.80. The number of nitrogens with zero attached hydrogens (tertiary/aromatic N) is 2. The van der Waals surface area contributed by atoms with Crippen LogP contribution in [0.25, 0.3) is 0 Å². The third-order valence-corrected chi connectivity index (χ3v) is 6.08. The number of aryl methyl sites for hydroxylation is 1. The van der Waals surface area contributed by atoms with Gasteiger partial charge in [0.1, 0.15) is 5.75 Å². The molecule has 29 heavy (non-hydrogen) atoms. The van der Waals surface area contributed by atoms with Crippen molar-refractivity contribution in [1.29, 1.82) is 0 Å². The van der Waals surface area contributed by atoms with Crippen molar-refractivity contribution >= 4 is 29.8 Å². The first-order chi connectivity index (χ1) is 13.4. The van der Waals surface area contributed by atoms with Crippen molar-refractivity contribution in [2.75, 3.05) is 21.1 Å². The number of thiocarbonyl (C=S) groups is 1. The number of rotatable bonds is 5. The molecule has 0 radical (unpaired) electrons. The largest absolute Gasteiger partial charge is 0.432 e. The molecule has 0 unspecified atom stereocenters. The van der Waals surface area contributed by atoms with E-state index in [0.29, 0.717) is 17.1 Å². The van der Waals surface area contributed by atoms with Crippen LogP contribution in [0.1, 0.15) is 48.3 Å². The van der Waals surface area contributed by atoms with E-state index in [1.165, 1.54) is 29.5 Å². The molecule has 0 spiro atoms. The molecule has 1 saturated carbocycles. The summed E-state index contributed by atoms with van der Waals surface area (Å²) in [5.74, 6) is 1.47. The Labute approximate surface area is 187 Å². The molecule has 0 bridgehead atoms. The minimum absolute atomic E-state index is 0. The Bertz CT molecular complexity index is 768. The van der Waals surface area contributed by atoms with Gasteiger partial charge in [0, 0.05) is 19.6 Å². The Morgan fingerprint density at radius 3 is 2.07 bits per heavy atom. The molecule has 0 saturated heterocycles. The van der Waals surface area contributed by atoms with Gasteiger partial charge in [-0.1, -0.05) is 42.0 Å². The molecule has 0 heterocycles. The monoisotopic (exact) mass is 432 g/mol. The first kappa shape index (κ1) is 23.7. The minimum Gasteiger partial charge on any atom is -0.432 e. The molecule has 158 valence electrons. The summed E-state index contributed by atoms with van der Waals surface area (Å²) < 4.78 is 5.89. The van der Waals surface area contributed by atoms with Crippen LogP contribution >= 0.6 is 24.6 Å². The van der Waals surface area contributed by atoms with Crippen LogP contribution < -0.4 is 4.74 Å². The average Bonchev–Trinajstić information content (AvgIpc) is 2.69. The second-order valence-electron chi connectivity index (χ2n) is 8.28. The van der Waals surface area contributed by atoms with Gasteiger partial charge in [0.2, 0.25) is 0 Å². The van der Waals surface area contributed by atoms with Crippen molar-refractivity contribution in [3.05, 3.63) is 65.2 Å². The summed E-state index contributed by atoms with van der Waals surface area (Å²) in [6, 6.07) is 17.7. The Hall–Kier alpha value is -1.62. The first-order valence-electron chi connectivity index (χ1n) is 10.2. The van der Waals surface area contributed by atoms with E-state index in [1.807, 2.05) is 24.3 Å². The van der Waals surface area contributed by atoms with E-state index in [4.69, 9.17) is 17.0 Å². The molecule has 3 nitrogen and oxygen atoms in total. The summed E-state index contributed by atoms with van der Waals surface area (Å²) in [5, 5.41) is 0.570. The maximum Gasteiger partial charge on any atom is 0.264 e. The van der Waals surface area contributed by atoms with Crippen LogP contribution in [-0.4, -0.2) is 42.2 Å². The van der Waals surface area contributed by atoms with Gasteiger partial charge in [-0.05, 0) is 88.1 Å². The molecule has 1 aliphatic rings. The van der Waals surface area contributed by atoms with Crippen molar-refractivity contribution in [3.8, 4) is 5.75 Å². The Morgan fingerprint density at radius 1 is 0.931 bits per heavy atom. The van der Waals surface area contributed by atoms with Crippen LogP contribution in [0.5, 0.6) is 5.75 Å². The van der Waals surface area contributed by atoms with E-state index in [2.05, 4.69) is 62.1 Å². The lowest BCUT2D eigenvalue weighted by Gasteiger charge is -2.35. The standard InChI is InChI=1S/C24H32N2OS.ClH/c1-18-5-15-23(16-6-18)27-24(28)26(4)22-13-11-21(12-14-22)20-9-7-19(8-10-20)17-25(2)3;/h5-10,15-16,21-22H,11-14,17H2,1-4H3;1H. The van der Waals surface area contributed by atoms with Gasteiger partial charge in [0.05, 0.1) is 0 Å². The minimum atomic E-state index is 0. The molecule has 0 amide bonds. The lowest BCUT2D eigenvalue weighted by molar-refractivity contribution is 0.239. The van der Waals surface area contributed by atoms with Gasteiger partial charge < -0.3 is 14.5 Å². The number of hydrogen-bond acceptors (Lipinski definition) is 3. The second-order valence-corrected chi connectivity index (χ2v) is 8.63. The molecule has 0 aliphatic heterocycles. The molecule has 0 N–H and O–H groups in total. The predicted octanol–water partition coefficient (Wildman–Crippen LogP) is 5.80. The maximum atomic E-state index is 5.89. The van der Waals surface area contributed by atoms with E-state index in [-0.39, 0.29) is 12.4 Å². The van der Waals surface area contributed by atoms with E-state index < -0.39 is 0 Å². The van der Waals surface area contributed by atoms with Gasteiger partial charge in [-0.25, -0.2) is 0 Å². The number of halogens is 1. The lowest BCUT2D eigenvalue weighted by Crippen LogP contribution is -2.40. The third-order valence-electron chi connectivity index (χ3n) is 5.71. The van der Waals surface area contributed by atoms with Crippen LogP contribution in [0.15, 0.2) is 48.5 Å². The van der Waals surface area contributed by atoms with Crippen LogP contribution in [0, 0.1) is 6.92 Å². The van der Waals surface area contributed by atoms with Crippen molar-refractivity contribution in [2.45, 2.75) is 51.1 Å². The number of benzene rings is 2. The number of hydrogen-bond donors (Lipinski definition) is 0. The van der Waals surface area contributed by atoms with Crippen molar-refractivity contribution in [3.63, 3.8) is 0 Å². The SMILES string of the molecule is Cc1ccc(OC(=S)N(C)C2CCC(c3ccc(CN(C)C)cc3)CC2)cc1.Cl. The van der Waals surface area contributed by atoms with Gasteiger partial charge in [-0.3, -0.25) is 0 Å². The van der Waals surface area contributed by atoms with Crippen LogP contribution in [-0.2, 0) is 6.54 Å². The molecule has 3 rings (SSSR count). The van der Waals surface area contributed by atoms with E-state index in [0.717, 1.165) is 25.1 Å². The molecule has 1 fully saturated rings. The molecule has 0 aromatic heterocycles. The highest BCUT2D eigenvalue weighted by Crippen LogP contribution is 2.35. The van der Waals surface area contributed by atoms with E-state index in [1.54, 1.807) is 0 Å².